The van der Waals surface area contributed by atoms with Crippen molar-refractivity contribution in [2.75, 3.05) is 6.54 Å². The maximum atomic E-state index is 9.37. The SMILES string of the molecule is NC[C@H](O)c1cc(Cl)cc(Br)c1. The van der Waals surface area contributed by atoms with Gasteiger partial charge in [-0.1, -0.05) is 27.5 Å². The molecule has 3 N–H and O–H groups in total. The molecule has 0 saturated carbocycles. The Labute approximate surface area is 84.5 Å². The Morgan fingerprint density at radius 1 is 1.50 bits per heavy atom. The van der Waals surface area contributed by atoms with E-state index in [-0.39, 0.29) is 6.54 Å². The van der Waals surface area contributed by atoms with E-state index in [1.165, 1.54) is 0 Å². The van der Waals surface area contributed by atoms with Gasteiger partial charge in [0.1, 0.15) is 0 Å². The zero-order valence-corrected chi connectivity index (χ0v) is 8.64. The second kappa shape index (κ2) is 4.23. The van der Waals surface area contributed by atoms with Gasteiger partial charge < -0.3 is 10.8 Å². The molecule has 1 aromatic carbocycles. The summed E-state index contributed by atoms with van der Waals surface area (Å²) in [5.41, 5.74) is 6.03. The van der Waals surface area contributed by atoms with Crippen molar-refractivity contribution < 1.29 is 5.11 Å². The van der Waals surface area contributed by atoms with Crippen LogP contribution in [-0.2, 0) is 0 Å². The van der Waals surface area contributed by atoms with Crippen molar-refractivity contribution in [2.45, 2.75) is 6.10 Å². The van der Waals surface area contributed by atoms with Crippen LogP contribution in [0.25, 0.3) is 0 Å². The molecule has 0 aromatic heterocycles. The summed E-state index contributed by atoms with van der Waals surface area (Å²) in [7, 11) is 0. The average molecular weight is 251 g/mol. The Morgan fingerprint density at radius 3 is 2.67 bits per heavy atom. The molecule has 0 spiro atoms. The number of benzene rings is 1. The number of rotatable bonds is 2. The lowest BCUT2D eigenvalue weighted by Gasteiger charge is -2.08. The molecule has 4 heteroatoms. The molecule has 0 saturated heterocycles. The van der Waals surface area contributed by atoms with Gasteiger partial charge in [0.25, 0.3) is 0 Å². The van der Waals surface area contributed by atoms with Gasteiger partial charge in [-0.3, -0.25) is 0 Å². The van der Waals surface area contributed by atoms with Crippen molar-refractivity contribution in [2.24, 2.45) is 5.73 Å². The number of halogens is 2. The topological polar surface area (TPSA) is 46.2 Å². The maximum Gasteiger partial charge on any atom is 0.0913 e. The summed E-state index contributed by atoms with van der Waals surface area (Å²) in [6.45, 7) is 0.201. The lowest BCUT2D eigenvalue weighted by molar-refractivity contribution is 0.186. The van der Waals surface area contributed by atoms with E-state index in [0.717, 1.165) is 10.0 Å². The molecule has 0 bridgehead atoms. The lowest BCUT2D eigenvalue weighted by atomic mass is 10.1. The van der Waals surface area contributed by atoms with Crippen molar-refractivity contribution >= 4 is 27.5 Å². The third-order valence-corrected chi connectivity index (χ3v) is 2.17. The lowest BCUT2D eigenvalue weighted by Crippen LogP contribution is -2.11. The highest BCUT2D eigenvalue weighted by Gasteiger charge is 2.06. The molecular formula is C8H9BrClNO. The Balaban J connectivity index is 3.00. The number of nitrogens with two attached hydrogens (primary N) is 1. The van der Waals surface area contributed by atoms with E-state index < -0.39 is 6.10 Å². The minimum absolute atomic E-state index is 0.201. The van der Waals surface area contributed by atoms with Gasteiger partial charge in [-0.15, -0.1) is 0 Å². The van der Waals surface area contributed by atoms with Crippen molar-refractivity contribution in [3.63, 3.8) is 0 Å². The molecule has 0 fully saturated rings. The largest absolute Gasteiger partial charge is 0.387 e. The highest BCUT2D eigenvalue weighted by Crippen LogP contribution is 2.23. The number of aliphatic hydroxyl groups excluding tert-OH is 1. The normalized spacial score (nSPS) is 13.0. The van der Waals surface area contributed by atoms with E-state index in [2.05, 4.69) is 15.9 Å². The molecule has 0 aliphatic carbocycles. The highest BCUT2D eigenvalue weighted by atomic mass is 79.9. The third kappa shape index (κ3) is 2.45. The van der Waals surface area contributed by atoms with Crippen LogP contribution in [-0.4, -0.2) is 11.7 Å². The van der Waals surface area contributed by atoms with E-state index in [1.54, 1.807) is 18.2 Å². The van der Waals surface area contributed by atoms with Crippen LogP contribution in [0.2, 0.25) is 5.02 Å². The van der Waals surface area contributed by atoms with Crippen LogP contribution in [0.4, 0.5) is 0 Å². The van der Waals surface area contributed by atoms with E-state index in [4.69, 9.17) is 17.3 Å². The fourth-order valence-corrected chi connectivity index (χ4v) is 1.79. The zero-order chi connectivity index (χ0) is 9.14. The molecule has 0 amide bonds. The minimum atomic E-state index is -0.639. The zero-order valence-electron chi connectivity index (χ0n) is 6.30. The van der Waals surface area contributed by atoms with Crippen LogP contribution in [0.3, 0.4) is 0 Å². The standard InChI is InChI=1S/C8H9BrClNO/c9-6-1-5(8(12)4-11)2-7(10)3-6/h1-3,8,12H,4,11H2/t8-/m0/s1. The van der Waals surface area contributed by atoms with Crippen LogP contribution in [0.5, 0.6) is 0 Å². The summed E-state index contributed by atoms with van der Waals surface area (Å²) >= 11 is 9.04. The molecule has 0 aliphatic heterocycles. The molecule has 1 aromatic rings. The Hall–Kier alpha value is -0.0900. The van der Waals surface area contributed by atoms with Crippen LogP contribution in [0.15, 0.2) is 22.7 Å². The summed E-state index contributed by atoms with van der Waals surface area (Å²) in [6, 6.07) is 5.25. The van der Waals surface area contributed by atoms with E-state index in [1.807, 2.05) is 0 Å². The van der Waals surface area contributed by atoms with E-state index in [0.29, 0.717) is 5.02 Å². The van der Waals surface area contributed by atoms with Crippen LogP contribution >= 0.6 is 27.5 Å². The quantitative estimate of drug-likeness (QED) is 0.844. The minimum Gasteiger partial charge on any atom is -0.387 e. The van der Waals surface area contributed by atoms with Gasteiger partial charge in [-0.2, -0.15) is 0 Å². The molecule has 2 nitrogen and oxygen atoms in total. The summed E-state index contributed by atoms with van der Waals surface area (Å²) in [5.74, 6) is 0. The molecule has 1 rings (SSSR count). The van der Waals surface area contributed by atoms with Gasteiger partial charge in [0, 0.05) is 16.0 Å². The van der Waals surface area contributed by atoms with Crippen molar-refractivity contribution in [1.29, 1.82) is 0 Å². The molecule has 0 aliphatic rings. The van der Waals surface area contributed by atoms with Crippen molar-refractivity contribution in [3.05, 3.63) is 33.3 Å². The smallest absolute Gasteiger partial charge is 0.0913 e. The van der Waals surface area contributed by atoms with E-state index in [9.17, 15) is 5.11 Å². The van der Waals surface area contributed by atoms with Crippen LogP contribution < -0.4 is 5.73 Å². The van der Waals surface area contributed by atoms with Gasteiger partial charge >= 0.3 is 0 Å². The monoisotopic (exact) mass is 249 g/mol. The molecule has 1 atom stereocenters. The Kier molecular flexibility index (Phi) is 3.53. The van der Waals surface area contributed by atoms with Gasteiger partial charge in [0.2, 0.25) is 0 Å². The fraction of sp³-hybridized carbons (Fsp3) is 0.250. The Bertz CT molecular complexity index is 260. The first kappa shape index (κ1) is 9.99. The molecule has 0 heterocycles. The van der Waals surface area contributed by atoms with Crippen LogP contribution in [0.1, 0.15) is 11.7 Å². The molecule has 0 unspecified atom stereocenters. The predicted octanol–water partition coefficient (Wildman–Crippen LogP) is 2.09. The first-order valence-corrected chi connectivity index (χ1v) is 4.64. The molecular weight excluding hydrogens is 241 g/mol. The molecule has 12 heavy (non-hydrogen) atoms. The highest BCUT2D eigenvalue weighted by molar-refractivity contribution is 9.10. The maximum absolute atomic E-state index is 9.37. The van der Waals surface area contributed by atoms with E-state index >= 15 is 0 Å². The molecule has 66 valence electrons. The van der Waals surface area contributed by atoms with Gasteiger partial charge in [0.05, 0.1) is 6.10 Å². The summed E-state index contributed by atoms with van der Waals surface area (Å²) < 4.78 is 0.845. The first-order valence-electron chi connectivity index (χ1n) is 3.47. The first-order chi connectivity index (χ1) is 5.63. The van der Waals surface area contributed by atoms with Gasteiger partial charge in [0.15, 0.2) is 0 Å². The van der Waals surface area contributed by atoms with Crippen molar-refractivity contribution in [3.8, 4) is 0 Å². The van der Waals surface area contributed by atoms with Gasteiger partial charge in [-0.25, -0.2) is 0 Å². The second-order valence-electron chi connectivity index (χ2n) is 2.45. The molecule has 0 radical (unpaired) electrons. The Morgan fingerprint density at radius 2 is 2.17 bits per heavy atom. The van der Waals surface area contributed by atoms with Crippen LogP contribution in [0, 0.1) is 0 Å². The van der Waals surface area contributed by atoms with Gasteiger partial charge in [-0.05, 0) is 23.8 Å². The third-order valence-electron chi connectivity index (χ3n) is 1.49. The number of hydrogen-bond donors (Lipinski definition) is 2. The average Bonchev–Trinajstić information content (AvgIpc) is 2.01. The fourth-order valence-electron chi connectivity index (χ4n) is 0.904. The second-order valence-corrected chi connectivity index (χ2v) is 3.81. The summed E-state index contributed by atoms with van der Waals surface area (Å²) in [6.07, 6.45) is -0.639. The summed E-state index contributed by atoms with van der Waals surface area (Å²) in [4.78, 5) is 0. The predicted molar refractivity (Wildman–Crippen MR) is 53.2 cm³/mol. The van der Waals surface area contributed by atoms with Crippen molar-refractivity contribution in [1.82, 2.24) is 0 Å². The summed E-state index contributed by atoms with van der Waals surface area (Å²) in [5, 5.41) is 9.96. The number of aliphatic hydroxyl groups is 1. The number of hydrogen-bond acceptors (Lipinski definition) is 2.